The summed E-state index contributed by atoms with van der Waals surface area (Å²) in [6.07, 6.45) is 0. The largest absolute Gasteiger partial charge is 0.424 e. The second-order valence-electron chi connectivity index (χ2n) is 4.13. The third-order valence-corrected chi connectivity index (χ3v) is 4.38. The van der Waals surface area contributed by atoms with Crippen LogP contribution in [-0.2, 0) is 14.8 Å². The second-order valence-corrected chi connectivity index (χ2v) is 6.18. The number of benzene rings is 2. The highest BCUT2D eigenvalue weighted by molar-refractivity contribution is 7.92. The van der Waals surface area contributed by atoms with Gasteiger partial charge in [0.15, 0.2) is 5.75 Å². The second kappa shape index (κ2) is 6.15. The number of nitrogens with one attached hydrogen (secondary N) is 1. The van der Waals surface area contributed by atoms with E-state index in [1.165, 1.54) is 31.2 Å². The zero-order chi connectivity index (χ0) is 15.5. The van der Waals surface area contributed by atoms with Gasteiger partial charge in [-0.3, -0.25) is 9.52 Å². The number of carbonyl (C=O) groups is 1. The maximum absolute atomic E-state index is 12.3. The molecule has 21 heavy (non-hydrogen) atoms. The SMILES string of the molecule is CC(=O)Oc1ccccc1NS(=O)(=O)c1ccccc1Cl. The van der Waals surface area contributed by atoms with Gasteiger partial charge in [-0.2, -0.15) is 0 Å². The van der Waals surface area contributed by atoms with Crippen LogP contribution in [0.4, 0.5) is 5.69 Å². The Kier molecular flexibility index (Phi) is 4.50. The lowest BCUT2D eigenvalue weighted by atomic mass is 10.3. The number of carbonyl (C=O) groups excluding carboxylic acids is 1. The number of para-hydroxylation sites is 2. The molecule has 0 spiro atoms. The summed E-state index contributed by atoms with van der Waals surface area (Å²) in [4.78, 5) is 11.0. The van der Waals surface area contributed by atoms with Crippen LogP contribution in [-0.4, -0.2) is 14.4 Å². The van der Waals surface area contributed by atoms with Crippen molar-refractivity contribution in [1.82, 2.24) is 0 Å². The zero-order valence-electron chi connectivity index (χ0n) is 11.0. The third-order valence-electron chi connectivity index (χ3n) is 2.51. The van der Waals surface area contributed by atoms with Gasteiger partial charge < -0.3 is 4.74 Å². The van der Waals surface area contributed by atoms with E-state index in [2.05, 4.69) is 4.72 Å². The fourth-order valence-electron chi connectivity index (χ4n) is 1.66. The summed E-state index contributed by atoms with van der Waals surface area (Å²) in [5.41, 5.74) is 0.160. The van der Waals surface area contributed by atoms with Gasteiger partial charge in [0.25, 0.3) is 10.0 Å². The summed E-state index contributed by atoms with van der Waals surface area (Å²) < 4.78 is 32.0. The van der Waals surface area contributed by atoms with Gasteiger partial charge in [0.1, 0.15) is 4.90 Å². The highest BCUT2D eigenvalue weighted by atomic mass is 35.5. The van der Waals surface area contributed by atoms with Crippen LogP contribution in [0.15, 0.2) is 53.4 Å². The Labute approximate surface area is 127 Å². The zero-order valence-corrected chi connectivity index (χ0v) is 12.6. The van der Waals surface area contributed by atoms with E-state index >= 15 is 0 Å². The van der Waals surface area contributed by atoms with Crippen LogP contribution >= 0.6 is 11.6 Å². The first-order valence-electron chi connectivity index (χ1n) is 5.95. The Balaban J connectivity index is 2.38. The molecule has 110 valence electrons. The van der Waals surface area contributed by atoms with E-state index < -0.39 is 16.0 Å². The molecule has 0 aromatic heterocycles. The van der Waals surface area contributed by atoms with Crippen LogP contribution in [0.1, 0.15) is 6.92 Å². The highest BCUT2D eigenvalue weighted by Crippen LogP contribution is 2.28. The summed E-state index contributed by atoms with van der Waals surface area (Å²) >= 11 is 5.89. The average Bonchev–Trinajstić information content (AvgIpc) is 2.40. The first-order chi connectivity index (χ1) is 9.90. The predicted octanol–water partition coefficient (Wildman–Crippen LogP) is 3.07. The topological polar surface area (TPSA) is 72.5 Å². The standard InChI is InChI=1S/C14H12ClNO4S/c1-10(17)20-13-8-4-3-7-12(13)16-21(18,19)14-9-5-2-6-11(14)15/h2-9,16H,1H3. The van der Waals surface area contributed by atoms with E-state index in [1.54, 1.807) is 24.3 Å². The monoisotopic (exact) mass is 325 g/mol. The van der Waals surface area contributed by atoms with Crippen LogP contribution in [0.5, 0.6) is 5.75 Å². The van der Waals surface area contributed by atoms with Gasteiger partial charge in [-0.25, -0.2) is 8.42 Å². The van der Waals surface area contributed by atoms with Crippen molar-refractivity contribution < 1.29 is 17.9 Å². The summed E-state index contributed by atoms with van der Waals surface area (Å²) in [7, 11) is -3.88. The van der Waals surface area contributed by atoms with Crippen LogP contribution in [0.25, 0.3) is 0 Å². The number of rotatable bonds is 4. The molecule has 1 N–H and O–H groups in total. The van der Waals surface area contributed by atoms with Crippen LogP contribution in [0.3, 0.4) is 0 Å². The van der Waals surface area contributed by atoms with Crippen molar-refractivity contribution in [2.24, 2.45) is 0 Å². The van der Waals surface area contributed by atoms with Crippen LogP contribution in [0, 0.1) is 0 Å². The number of anilines is 1. The molecule has 0 aliphatic carbocycles. The molecule has 2 rings (SSSR count). The quantitative estimate of drug-likeness (QED) is 0.692. The van der Waals surface area contributed by atoms with E-state index in [9.17, 15) is 13.2 Å². The molecule has 5 nitrogen and oxygen atoms in total. The van der Waals surface area contributed by atoms with Gasteiger partial charge in [0.2, 0.25) is 0 Å². The number of ether oxygens (including phenoxy) is 1. The number of hydrogen-bond donors (Lipinski definition) is 1. The minimum atomic E-state index is -3.88. The molecular formula is C14H12ClNO4S. The van der Waals surface area contributed by atoms with Crippen LogP contribution in [0.2, 0.25) is 5.02 Å². The maximum Gasteiger partial charge on any atom is 0.308 e. The maximum atomic E-state index is 12.3. The Morgan fingerprint density at radius 3 is 2.38 bits per heavy atom. The normalized spacial score (nSPS) is 11.0. The van der Waals surface area contributed by atoms with Crippen molar-refractivity contribution in [1.29, 1.82) is 0 Å². The fraction of sp³-hybridized carbons (Fsp3) is 0.0714. The molecule has 2 aromatic carbocycles. The van der Waals surface area contributed by atoms with E-state index in [-0.39, 0.29) is 21.4 Å². The third kappa shape index (κ3) is 3.74. The lowest BCUT2D eigenvalue weighted by molar-refractivity contribution is -0.131. The summed E-state index contributed by atoms with van der Waals surface area (Å²) in [6.45, 7) is 1.24. The number of sulfonamides is 1. The smallest absolute Gasteiger partial charge is 0.308 e. The molecule has 0 unspecified atom stereocenters. The first-order valence-corrected chi connectivity index (χ1v) is 7.81. The van der Waals surface area contributed by atoms with Crippen molar-refractivity contribution in [2.45, 2.75) is 11.8 Å². The van der Waals surface area contributed by atoms with E-state index in [4.69, 9.17) is 16.3 Å². The molecular weight excluding hydrogens is 314 g/mol. The van der Waals surface area contributed by atoms with Gasteiger partial charge in [-0.15, -0.1) is 0 Å². The first kappa shape index (κ1) is 15.3. The molecule has 0 radical (unpaired) electrons. The van der Waals surface area contributed by atoms with Crippen molar-refractivity contribution in [3.63, 3.8) is 0 Å². The average molecular weight is 326 g/mol. The van der Waals surface area contributed by atoms with Crippen molar-refractivity contribution in [2.75, 3.05) is 4.72 Å². The molecule has 2 aromatic rings. The Morgan fingerprint density at radius 2 is 1.71 bits per heavy atom. The number of esters is 1. The van der Waals surface area contributed by atoms with E-state index in [0.29, 0.717) is 0 Å². The van der Waals surface area contributed by atoms with Crippen molar-refractivity contribution >= 4 is 33.3 Å². The van der Waals surface area contributed by atoms with Gasteiger partial charge in [-0.1, -0.05) is 35.9 Å². The van der Waals surface area contributed by atoms with E-state index in [1.807, 2.05) is 0 Å². The molecule has 0 aliphatic rings. The lowest BCUT2D eigenvalue weighted by Crippen LogP contribution is -2.15. The number of halogens is 1. The van der Waals surface area contributed by atoms with E-state index in [0.717, 1.165) is 0 Å². The predicted molar refractivity (Wildman–Crippen MR) is 80.0 cm³/mol. The minimum Gasteiger partial charge on any atom is -0.424 e. The lowest BCUT2D eigenvalue weighted by Gasteiger charge is -2.12. The highest BCUT2D eigenvalue weighted by Gasteiger charge is 2.19. The molecule has 7 heteroatoms. The van der Waals surface area contributed by atoms with Gasteiger partial charge in [0, 0.05) is 6.92 Å². The molecule has 0 saturated carbocycles. The number of hydrogen-bond acceptors (Lipinski definition) is 4. The Morgan fingerprint density at radius 1 is 1.10 bits per heavy atom. The van der Waals surface area contributed by atoms with Crippen LogP contribution < -0.4 is 9.46 Å². The molecule has 0 aliphatic heterocycles. The summed E-state index contributed by atoms with van der Waals surface area (Å²) in [5, 5.41) is 0.106. The fourth-order valence-corrected chi connectivity index (χ4v) is 3.25. The molecule has 0 bridgehead atoms. The molecule has 0 saturated heterocycles. The molecule has 0 amide bonds. The van der Waals surface area contributed by atoms with Crippen molar-refractivity contribution in [3.8, 4) is 5.75 Å². The Bertz CT molecular complexity index is 774. The molecule has 0 fully saturated rings. The molecule has 0 atom stereocenters. The minimum absolute atomic E-state index is 0.0516. The summed E-state index contributed by atoms with van der Waals surface area (Å²) in [5.74, 6) is -0.417. The van der Waals surface area contributed by atoms with Gasteiger partial charge >= 0.3 is 5.97 Å². The summed E-state index contributed by atoms with van der Waals surface area (Å²) in [6, 6.07) is 12.3. The van der Waals surface area contributed by atoms with Gasteiger partial charge in [-0.05, 0) is 24.3 Å². The van der Waals surface area contributed by atoms with Gasteiger partial charge in [0.05, 0.1) is 10.7 Å². The van der Waals surface area contributed by atoms with Crippen molar-refractivity contribution in [3.05, 3.63) is 53.6 Å². The Hall–Kier alpha value is -2.05. The molecule has 0 heterocycles.